The summed E-state index contributed by atoms with van der Waals surface area (Å²) >= 11 is 0. The Hall–Kier alpha value is -0.650. The van der Waals surface area contributed by atoms with E-state index < -0.39 is 6.04 Å². The zero-order valence-electron chi connectivity index (χ0n) is 11.6. The van der Waals surface area contributed by atoms with E-state index in [0.29, 0.717) is 19.6 Å². The van der Waals surface area contributed by atoms with Crippen LogP contribution in [0.25, 0.3) is 0 Å². The Morgan fingerprint density at radius 3 is 2.94 bits per heavy atom. The highest BCUT2D eigenvalue weighted by Crippen LogP contribution is 2.14. The third kappa shape index (κ3) is 4.92. The van der Waals surface area contributed by atoms with Crippen molar-refractivity contribution in [2.45, 2.75) is 44.8 Å². The molecule has 1 fully saturated rings. The van der Waals surface area contributed by atoms with Crippen LogP contribution in [0.5, 0.6) is 0 Å². The van der Waals surface area contributed by atoms with Gasteiger partial charge in [-0.3, -0.25) is 4.79 Å². The Morgan fingerprint density at radius 1 is 1.50 bits per heavy atom. The van der Waals surface area contributed by atoms with Crippen LogP contribution < -0.4 is 5.73 Å². The molecule has 0 aromatic heterocycles. The molecule has 5 heteroatoms. The largest absolute Gasteiger partial charge is 0.385 e. The van der Waals surface area contributed by atoms with E-state index in [1.54, 1.807) is 7.11 Å². The van der Waals surface area contributed by atoms with Crippen LogP contribution in [0.2, 0.25) is 0 Å². The Bertz CT molecular complexity index is 248. The number of nitrogens with two attached hydrogens (primary N) is 1. The molecule has 2 N–H and O–H groups in total. The van der Waals surface area contributed by atoms with Crippen LogP contribution in [0.1, 0.15) is 32.6 Å². The highest BCUT2D eigenvalue weighted by atomic mass is 16.5. The van der Waals surface area contributed by atoms with E-state index in [0.717, 1.165) is 32.4 Å². The van der Waals surface area contributed by atoms with Gasteiger partial charge < -0.3 is 20.1 Å². The summed E-state index contributed by atoms with van der Waals surface area (Å²) in [6, 6.07) is -0.449. The summed E-state index contributed by atoms with van der Waals surface area (Å²) in [5, 5.41) is 0. The van der Waals surface area contributed by atoms with Gasteiger partial charge >= 0.3 is 0 Å². The fraction of sp³-hybridized carbons (Fsp3) is 0.923. The second-order valence-corrected chi connectivity index (χ2v) is 4.81. The third-order valence-corrected chi connectivity index (χ3v) is 3.20. The lowest BCUT2D eigenvalue weighted by Gasteiger charge is -2.34. The van der Waals surface area contributed by atoms with Crippen LogP contribution in [-0.2, 0) is 14.3 Å². The fourth-order valence-electron chi connectivity index (χ4n) is 2.16. The minimum atomic E-state index is -0.449. The predicted octanol–water partition coefficient (Wildman–Crippen LogP) is 0.768. The number of carbonyl (C=O) groups is 1. The molecule has 1 aliphatic rings. The molecule has 0 aromatic carbocycles. The van der Waals surface area contributed by atoms with Gasteiger partial charge in [0.1, 0.15) is 0 Å². The van der Waals surface area contributed by atoms with Gasteiger partial charge in [0.15, 0.2) is 0 Å². The monoisotopic (exact) mass is 258 g/mol. The summed E-state index contributed by atoms with van der Waals surface area (Å²) < 4.78 is 10.7. The van der Waals surface area contributed by atoms with Crippen LogP contribution in [0.3, 0.4) is 0 Å². The molecule has 106 valence electrons. The van der Waals surface area contributed by atoms with E-state index in [1.165, 1.54) is 0 Å². The number of amides is 1. The average molecular weight is 258 g/mol. The van der Waals surface area contributed by atoms with Crippen LogP contribution in [-0.4, -0.2) is 56.4 Å². The minimum Gasteiger partial charge on any atom is -0.385 e. The zero-order chi connectivity index (χ0) is 13.4. The predicted molar refractivity (Wildman–Crippen MR) is 70.3 cm³/mol. The van der Waals surface area contributed by atoms with Crippen molar-refractivity contribution in [1.82, 2.24) is 4.90 Å². The number of ether oxygens (including phenoxy) is 2. The number of carbonyl (C=O) groups excluding carboxylic acids is 1. The highest BCUT2D eigenvalue weighted by molar-refractivity contribution is 5.81. The van der Waals surface area contributed by atoms with Crippen molar-refractivity contribution in [3.8, 4) is 0 Å². The quantitative estimate of drug-likeness (QED) is 0.732. The SMILES string of the molecule is CCCOC1CCCN(C(=O)C(N)CCOC)C1. The number of hydrogen-bond donors (Lipinski definition) is 1. The number of piperidine rings is 1. The molecule has 0 saturated carbocycles. The van der Waals surface area contributed by atoms with Crippen molar-refractivity contribution in [3.63, 3.8) is 0 Å². The van der Waals surface area contributed by atoms with Crippen LogP contribution in [0.15, 0.2) is 0 Å². The molecule has 1 heterocycles. The van der Waals surface area contributed by atoms with Crippen molar-refractivity contribution in [1.29, 1.82) is 0 Å². The van der Waals surface area contributed by atoms with Crippen LogP contribution in [0, 0.1) is 0 Å². The summed E-state index contributed by atoms with van der Waals surface area (Å²) in [4.78, 5) is 14.0. The van der Waals surface area contributed by atoms with Gasteiger partial charge in [0, 0.05) is 33.4 Å². The van der Waals surface area contributed by atoms with Gasteiger partial charge in [0.25, 0.3) is 0 Å². The van der Waals surface area contributed by atoms with E-state index >= 15 is 0 Å². The normalized spacial score (nSPS) is 21.9. The Labute approximate surface area is 110 Å². The molecule has 0 aromatic rings. The van der Waals surface area contributed by atoms with Crippen molar-refractivity contribution in [2.24, 2.45) is 5.73 Å². The smallest absolute Gasteiger partial charge is 0.239 e. The van der Waals surface area contributed by atoms with Gasteiger partial charge in [0.05, 0.1) is 12.1 Å². The molecule has 1 rings (SSSR count). The molecule has 0 radical (unpaired) electrons. The van der Waals surface area contributed by atoms with Crippen molar-refractivity contribution in [3.05, 3.63) is 0 Å². The van der Waals surface area contributed by atoms with E-state index in [4.69, 9.17) is 15.2 Å². The first-order chi connectivity index (χ1) is 8.69. The molecule has 2 atom stereocenters. The molecule has 1 amide bonds. The second kappa shape index (κ2) is 8.45. The van der Waals surface area contributed by atoms with E-state index in [9.17, 15) is 4.79 Å². The Morgan fingerprint density at radius 2 is 2.28 bits per heavy atom. The Kier molecular flexibility index (Phi) is 7.23. The number of hydrogen-bond acceptors (Lipinski definition) is 4. The summed E-state index contributed by atoms with van der Waals surface area (Å²) in [6.45, 7) is 4.86. The standard InChI is InChI=1S/C13H26N2O3/c1-3-8-18-11-5-4-7-15(10-11)13(16)12(14)6-9-17-2/h11-12H,3-10,14H2,1-2H3. The second-order valence-electron chi connectivity index (χ2n) is 4.81. The van der Waals surface area contributed by atoms with Gasteiger partial charge in [-0.1, -0.05) is 6.92 Å². The van der Waals surface area contributed by atoms with Gasteiger partial charge in [-0.05, 0) is 25.7 Å². The lowest BCUT2D eigenvalue weighted by molar-refractivity contribution is -0.137. The molecule has 0 bridgehead atoms. The van der Waals surface area contributed by atoms with E-state index in [-0.39, 0.29) is 12.0 Å². The molecule has 2 unspecified atom stereocenters. The summed E-state index contributed by atoms with van der Waals surface area (Å²) in [5.41, 5.74) is 5.87. The lowest BCUT2D eigenvalue weighted by Crippen LogP contribution is -2.50. The van der Waals surface area contributed by atoms with Gasteiger partial charge in [-0.2, -0.15) is 0 Å². The lowest BCUT2D eigenvalue weighted by atomic mass is 10.1. The minimum absolute atomic E-state index is 0.0249. The van der Waals surface area contributed by atoms with E-state index in [2.05, 4.69) is 6.92 Å². The molecule has 0 aliphatic carbocycles. The van der Waals surface area contributed by atoms with Crippen molar-refractivity contribution in [2.75, 3.05) is 33.4 Å². The summed E-state index contributed by atoms with van der Waals surface area (Å²) in [7, 11) is 1.62. The first-order valence-corrected chi connectivity index (χ1v) is 6.84. The molecule has 18 heavy (non-hydrogen) atoms. The molecule has 5 nitrogen and oxygen atoms in total. The van der Waals surface area contributed by atoms with Gasteiger partial charge in [-0.25, -0.2) is 0 Å². The van der Waals surface area contributed by atoms with Crippen molar-refractivity contribution < 1.29 is 14.3 Å². The number of nitrogens with zero attached hydrogens (tertiary/aromatic N) is 1. The molecular formula is C13H26N2O3. The van der Waals surface area contributed by atoms with Crippen LogP contribution in [0.4, 0.5) is 0 Å². The molecule has 0 spiro atoms. The molecular weight excluding hydrogens is 232 g/mol. The summed E-state index contributed by atoms with van der Waals surface area (Å²) in [6.07, 6.45) is 3.80. The number of rotatable bonds is 7. The number of likely N-dealkylation sites (tertiary alicyclic amines) is 1. The van der Waals surface area contributed by atoms with Gasteiger partial charge in [0.2, 0.25) is 5.91 Å². The fourth-order valence-corrected chi connectivity index (χ4v) is 2.16. The molecule has 1 saturated heterocycles. The maximum atomic E-state index is 12.1. The molecule has 1 aliphatic heterocycles. The Balaban J connectivity index is 2.37. The van der Waals surface area contributed by atoms with Gasteiger partial charge in [-0.15, -0.1) is 0 Å². The maximum absolute atomic E-state index is 12.1. The summed E-state index contributed by atoms with van der Waals surface area (Å²) in [5.74, 6) is 0.0249. The topological polar surface area (TPSA) is 64.8 Å². The zero-order valence-corrected chi connectivity index (χ0v) is 11.6. The van der Waals surface area contributed by atoms with Crippen molar-refractivity contribution >= 4 is 5.91 Å². The first-order valence-electron chi connectivity index (χ1n) is 6.84. The maximum Gasteiger partial charge on any atom is 0.239 e. The van der Waals surface area contributed by atoms with E-state index in [1.807, 2.05) is 4.90 Å². The average Bonchev–Trinajstić information content (AvgIpc) is 2.42. The number of methoxy groups -OCH3 is 1. The highest BCUT2D eigenvalue weighted by Gasteiger charge is 2.27. The first kappa shape index (κ1) is 15.4. The third-order valence-electron chi connectivity index (χ3n) is 3.20. The van der Waals surface area contributed by atoms with Crippen LogP contribution >= 0.6 is 0 Å².